The molecular weight excluding hydrogens is 377 g/mol. The van der Waals surface area contributed by atoms with Crippen LogP contribution in [0.4, 0.5) is 0 Å². The number of benzene rings is 1. The van der Waals surface area contributed by atoms with Gasteiger partial charge in [-0.2, -0.15) is 0 Å². The van der Waals surface area contributed by atoms with Crippen LogP contribution in [0.2, 0.25) is 0 Å². The monoisotopic (exact) mass is 397 g/mol. The Morgan fingerprint density at radius 3 is 2.76 bits per heavy atom. The molecule has 0 aliphatic carbocycles. The van der Waals surface area contributed by atoms with Crippen molar-refractivity contribution < 1.29 is 9.53 Å². The van der Waals surface area contributed by atoms with Gasteiger partial charge in [-0.3, -0.25) is 4.79 Å². The number of carbonyl (C=O) groups is 1. The first kappa shape index (κ1) is 15.0. The maximum atomic E-state index is 12.2. The molecule has 0 aromatic heterocycles. The van der Waals surface area contributed by atoms with Crippen LogP contribution in [0, 0.1) is 5.92 Å². The Morgan fingerprint density at radius 1 is 1.33 bits per heavy atom. The van der Waals surface area contributed by atoms with Crippen LogP contribution in [-0.2, 0) is 9.53 Å². The number of methoxy groups -OCH3 is 1. The van der Waals surface area contributed by atoms with Crippen molar-refractivity contribution in [3.05, 3.63) is 39.5 Å². The topological polar surface area (TPSA) is 38.3 Å². The van der Waals surface area contributed by atoms with E-state index in [0.717, 1.165) is 12.8 Å². The van der Waals surface area contributed by atoms with Gasteiger partial charge in [0, 0.05) is 18.0 Å². The quantitative estimate of drug-likeness (QED) is 0.627. The Balaban J connectivity index is 1.88. The van der Waals surface area contributed by atoms with E-state index in [1.54, 1.807) is 0 Å². The molecule has 1 aromatic rings. The summed E-state index contributed by atoms with van der Waals surface area (Å²) in [6.07, 6.45) is 5.35. The van der Waals surface area contributed by atoms with Gasteiger partial charge in [-0.25, -0.2) is 0 Å². The molecular formula is C17H20INO2. The summed E-state index contributed by atoms with van der Waals surface area (Å²) < 4.78 is 7.07. The van der Waals surface area contributed by atoms with Crippen LogP contribution in [-0.4, -0.2) is 25.2 Å². The molecule has 112 valence electrons. The summed E-state index contributed by atoms with van der Waals surface area (Å²) in [5.74, 6) is 0.141. The van der Waals surface area contributed by atoms with E-state index < -0.39 is 0 Å². The minimum absolute atomic E-state index is 0.0558. The smallest absolute Gasteiger partial charge is 0.310 e. The number of carbonyl (C=O) groups excluding carboxylic acids is 1. The van der Waals surface area contributed by atoms with E-state index in [9.17, 15) is 4.79 Å². The Labute approximate surface area is 139 Å². The Kier molecular flexibility index (Phi) is 4.64. The molecule has 0 radical (unpaired) electrons. The van der Waals surface area contributed by atoms with E-state index in [0.29, 0.717) is 6.04 Å². The summed E-state index contributed by atoms with van der Waals surface area (Å²) in [5.41, 5.74) is 2.45. The summed E-state index contributed by atoms with van der Waals surface area (Å²) in [5, 5.41) is 3.57. The van der Waals surface area contributed by atoms with Gasteiger partial charge in [-0.1, -0.05) is 46.9 Å². The zero-order valence-electron chi connectivity index (χ0n) is 12.1. The van der Waals surface area contributed by atoms with Gasteiger partial charge in [0.2, 0.25) is 0 Å². The summed E-state index contributed by atoms with van der Waals surface area (Å²) in [7, 11) is 1.49. The second kappa shape index (κ2) is 6.48. The molecule has 0 amide bonds. The highest BCUT2D eigenvalue weighted by Gasteiger charge is 2.46. The molecule has 3 nitrogen and oxygen atoms in total. The van der Waals surface area contributed by atoms with Crippen LogP contribution in [0.3, 0.4) is 0 Å². The van der Waals surface area contributed by atoms with Crippen LogP contribution in [0.5, 0.6) is 0 Å². The number of ether oxygens (including phenoxy) is 1. The molecule has 0 unspecified atom stereocenters. The van der Waals surface area contributed by atoms with Crippen molar-refractivity contribution in [2.45, 2.75) is 37.3 Å². The number of rotatable bonds is 3. The lowest BCUT2D eigenvalue weighted by Gasteiger charge is -2.36. The number of nitrogens with one attached hydrogen (secondary N) is 1. The lowest BCUT2D eigenvalue weighted by molar-refractivity contribution is -0.148. The van der Waals surface area contributed by atoms with Crippen molar-refractivity contribution in [2.24, 2.45) is 5.92 Å². The minimum atomic E-state index is -0.0749. The third-order valence-electron chi connectivity index (χ3n) is 4.77. The SMILES string of the molecule is COC(=O)[C@H]1[C@@H](c2ccc(/C=C/I)cc2)C[C@@H]2CC[C@H]1N2. The van der Waals surface area contributed by atoms with Crippen molar-refractivity contribution in [3.8, 4) is 0 Å². The van der Waals surface area contributed by atoms with E-state index in [1.165, 1.54) is 24.7 Å². The molecule has 2 heterocycles. The fraction of sp³-hybridized carbons (Fsp3) is 0.471. The molecule has 21 heavy (non-hydrogen) atoms. The number of hydrogen-bond acceptors (Lipinski definition) is 3. The molecule has 1 N–H and O–H groups in total. The number of fused-ring (bicyclic) bond motifs is 2. The summed E-state index contributed by atoms with van der Waals surface area (Å²) in [6.45, 7) is 0. The van der Waals surface area contributed by atoms with Crippen molar-refractivity contribution in [1.29, 1.82) is 0 Å². The predicted octanol–water partition coefficient (Wildman–Crippen LogP) is 3.49. The van der Waals surface area contributed by atoms with Crippen LogP contribution < -0.4 is 5.32 Å². The second-order valence-corrected chi connectivity index (χ2v) is 6.62. The average Bonchev–Trinajstić information content (AvgIpc) is 2.89. The number of hydrogen-bond donors (Lipinski definition) is 1. The third-order valence-corrected chi connectivity index (χ3v) is 5.13. The molecule has 2 bridgehead atoms. The van der Waals surface area contributed by atoms with E-state index in [1.807, 2.05) is 4.08 Å². The highest BCUT2D eigenvalue weighted by molar-refractivity contribution is 14.1. The zero-order valence-corrected chi connectivity index (χ0v) is 14.2. The van der Waals surface area contributed by atoms with Gasteiger partial charge < -0.3 is 10.1 Å². The van der Waals surface area contributed by atoms with Gasteiger partial charge in [-0.15, -0.1) is 0 Å². The highest BCUT2D eigenvalue weighted by atomic mass is 127. The highest BCUT2D eigenvalue weighted by Crippen LogP contribution is 2.42. The molecule has 4 atom stereocenters. The van der Waals surface area contributed by atoms with Gasteiger partial charge >= 0.3 is 5.97 Å². The average molecular weight is 397 g/mol. The molecule has 2 aliphatic heterocycles. The van der Waals surface area contributed by atoms with Gasteiger partial charge in [0.05, 0.1) is 13.0 Å². The predicted molar refractivity (Wildman–Crippen MR) is 92.3 cm³/mol. The van der Waals surface area contributed by atoms with Crippen molar-refractivity contribution in [1.82, 2.24) is 5.32 Å². The number of piperidine rings is 1. The Hall–Kier alpha value is -0.880. The molecule has 3 rings (SSSR count). The fourth-order valence-electron chi connectivity index (χ4n) is 3.79. The molecule has 2 fully saturated rings. The first-order chi connectivity index (χ1) is 10.2. The maximum absolute atomic E-state index is 12.2. The summed E-state index contributed by atoms with van der Waals surface area (Å²) in [4.78, 5) is 12.2. The van der Waals surface area contributed by atoms with Gasteiger partial charge in [0.25, 0.3) is 0 Å². The normalized spacial score (nSPS) is 31.5. The lowest BCUT2D eigenvalue weighted by Crippen LogP contribution is -2.48. The van der Waals surface area contributed by atoms with E-state index in [2.05, 4.69) is 58.2 Å². The van der Waals surface area contributed by atoms with Crippen LogP contribution in [0.1, 0.15) is 36.3 Å². The van der Waals surface area contributed by atoms with Crippen molar-refractivity contribution in [3.63, 3.8) is 0 Å². The number of halogens is 1. The van der Waals surface area contributed by atoms with Gasteiger partial charge in [0.15, 0.2) is 0 Å². The van der Waals surface area contributed by atoms with Gasteiger partial charge in [-0.05, 0) is 40.5 Å². The molecule has 0 saturated carbocycles. The van der Waals surface area contributed by atoms with Gasteiger partial charge in [0.1, 0.15) is 0 Å². The maximum Gasteiger partial charge on any atom is 0.310 e. The summed E-state index contributed by atoms with van der Waals surface area (Å²) >= 11 is 2.22. The van der Waals surface area contributed by atoms with Crippen molar-refractivity contribution >= 4 is 34.6 Å². The molecule has 0 spiro atoms. The fourth-order valence-corrected chi connectivity index (χ4v) is 4.20. The number of esters is 1. The zero-order chi connectivity index (χ0) is 14.8. The Bertz CT molecular complexity index is 540. The second-order valence-electron chi connectivity index (χ2n) is 5.90. The van der Waals surface area contributed by atoms with E-state index >= 15 is 0 Å². The summed E-state index contributed by atoms with van der Waals surface area (Å²) in [6, 6.07) is 9.41. The molecule has 2 aliphatic rings. The van der Waals surface area contributed by atoms with Crippen LogP contribution in [0.15, 0.2) is 28.3 Å². The van der Waals surface area contributed by atoms with Crippen molar-refractivity contribution in [2.75, 3.05) is 7.11 Å². The molecule has 1 aromatic carbocycles. The lowest BCUT2D eigenvalue weighted by atomic mass is 9.77. The largest absolute Gasteiger partial charge is 0.469 e. The standard InChI is InChI=1S/C17H20INO2/c1-21-17(20)16-14(10-13-6-7-15(16)19-13)12-4-2-11(3-5-12)8-9-18/h2-5,8-9,13-16,19H,6-7,10H2,1H3/b9-8+/t13-,14+,15+,16-/m0/s1. The third kappa shape index (κ3) is 3.01. The first-order valence-electron chi connectivity index (χ1n) is 7.43. The van der Waals surface area contributed by atoms with Crippen LogP contribution in [0.25, 0.3) is 6.08 Å². The van der Waals surface area contributed by atoms with E-state index in [-0.39, 0.29) is 23.8 Å². The first-order valence-corrected chi connectivity index (χ1v) is 8.68. The molecule has 4 heteroatoms. The Morgan fingerprint density at radius 2 is 2.10 bits per heavy atom. The molecule has 2 saturated heterocycles. The van der Waals surface area contributed by atoms with Crippen LogP contribution >= 0.6 is 22.6 Å². The van der Waals surface area contributed by atoms with E-state index in [4.69, 9.17) is 4.74 Å². The minimum Gasteiger partial charge on any atom is -0.469 e.